The minimum atomic E-state index is -0.454. The Hall–Kier alpha value is -4.26. The summed E-state index contributed by atoms with van der Waals surface area (Å²) < 4.78 is 16.2. The summed E-state index contributed by atoms with van der Waals surface area (Å²) in [5.74, 6) is -0.700. The predicted octanol–water partition coefficient (Wildman–Crippen LogP) is 6.58. The molecule has 0 bridgehead atoms. The van der Waals surface area contributed by atoms with E-state index in [1.807, 2.05) is 36.4 Å². The SMILES string of the molecule is CN1CCN(CCN(C)Cc2ccc(-c3cc4nccc(Nc5ccc(NC(=S)NC(=O)Cc6ccccc6)cc5F)c4s3)cc2)CC1. The molecule has 2 aromatic heterocycles. The molecular formula is C37H40FN7OS2. The van der Waals surface area contributed by atoms with Gasteiger partial charge < -0.3 is 25.8 Å². The average Bonchev–Trinajstić information content (AvgIpc) is 3.52. The number of hydrogen-bond acceptors (Lipinski definition) is 8. The minimum absolute atomic E-state index is 0.110. The molecule has 1 fully saturated rings. The van der Waals surface area contributed by atoms with E-state index in [2.05, 4.69) is 80.1 Å². The van der Waals surface area contributed by atoms with Crippen molar-refractivity contribution < 1.29 is 9.18 Å². The zero-order valence-corrected chi connectivity index (χ0v) is 28.8. The third-order valence-corrected chi connectivity index (χ3v) is 9.86. The smallest absolute Gasteiger partial charge is 0.230 e. The largest absolute Gasteiger partial charge is 0.352 e. The summed E-state index contributed by atoms with van der Waals surface area (Å²) in [5.41, 5.74) is 5.67. The van der Waals surface area contributed by atoms with Crippen molar-refractivity contribution in [3.63, 3.8) is 0 Å². The van der Waals surface area contributed by atoms with Crippen molar-refractivity contribution in [2.24, 2.45) is 0 Å². The van der Waals surface area contributed by atoms with Crippen LogP contribution in [0.25, 0.3) is 20.7 Å². The van der Waals surface area contributed by atoms with Gasteiger partial charge in [-0.05, 0) is 73.3 Å². The number of thiophene rings is 1. The zero-order chi connectivity index (χ0) is 33.5. The van der Waals surface area contributed by atoms with E-state index >= 15 is 4.39 Å². The Morgan fingerprint density at radius 3 is 2.48 bits per heavy atom. The van der Waals surface area contributed by atoms with Crippen LogP contribution in [-0.2, 0) is 17.8 Å². The van der Waals surface area contributed by atoms with Crippen LogP contribution in [0.4, 0.5) is 21.5 Å². The van der Waals surface area contributed by atoms with Gasteiger partial charge in [0.05, 0.1) is 28.0 Å². The number of fused-ring (bicyclic) bond motifs is 1. The Balaban J connectivity index is 1.05. The van der Waals surface area contributed by atoms with Gasteiger partial charge in [-0.2, -0.15) is 0 Å². The molecule has 1 aliphatic rings. The van der Waals surface area contributed by atoms with Gasteiger partial charge >= 0.3 is 0 Å². The molecule has 0 unspecified atom stereocenters. The van der Waals surface area contributed by atoms with Crippen molar-refractivity contribution in [2.75, 3.05) is 64.0 Å². The number of halogens is 1. The van der Waals surface area contributed by atoms with Crippen LogP contribution in [0.15, 0.2) is 91.1 Å². The predicted molar refractivity (Wildman–Crippen MR) is 200 cm³/mol. The number of hydrogen-bond donors (Lipinski definition) is 3. The highest BCUT2D eigenvalue weighted by molar-refractivity contribution is 7.80. The highest BCUT2D eigenvalue weighted by atomic mass is 32.1. The lowest BCUT2D eigenvalue weighted by molar-refractivity contribution is -0.119. The number of nitrogens with one attached hydrogen (secondary N) is 3. The fourth-order valence-corrected chi connectivity index (χ4v) is 7.00. The standard InChI is InChI=1S/C37H40FN7OS2/c1-43-16-19-45(20-17-43)21-18-44(2)25-27-8-10-28(11-9-27)34-24-33-36(48-34)32(14-15-39-33)41-31-13-12-29(23-30(31)38)40-37(47)42-35(46)22-26-6-4-3-5-7-26/h3-15,23-24H,16-22,25H2,1-2H3,(H,39,41)(H2,40,42,46,47). The van der Waals surface area contributed by atoms with E-state index in [0.29, 0.717) is 11.4 Å². The molecule has 48 heavy (non-hydrogen) atoms. The van der Waals surface area contributed by atoms with Crippen LogP contribution in [0.3, 0.4) is 0 Å². The average molecular weight is 682 g/mol. The van der Waals surface area contributed by atoms with Crippen molar-refractivity contribution in [3.05, 3.63) is 108 Å². The van der Waals surface area contributed by atoms with Crippen LogP contribution in [0.1, 0.15) is 11.1 Å². The van der Waals surface area contributed by atoms with Crippen LogP contribution in [0.2, 0.25) is 0 Å². The van der Waals surface area contributed by atoms with E-state index in [4.69, 9.17) is 12.2 Å². The highest BCUT2D eigenvalue weighted by Gasteiger charge is 2.15. The van der Waals surface area contributed by atoms with Crippen LogP contribution in [-0.4, -0.2) is 84.1 Å². The maximum Gasteiger partial charge on any atom is 0.230 e. The number of carbonyl (C=O) groups is 1. The Morgan fingerprint density at radius 2 is 1.73 bits per heavy atom. The van der Waals surface area contributed by atoms with Crippen molar-refractivity contribution in [1.29, 1.82) is 0 Å². The quantitative estimate of drug-likeness (QED) is 0.135. The summed E-state index contributed by atoms with van der Waals surface area (Å²) in [6, 6.07) is 26.8. The molecule has 0 aliphatic carbocycles. The summed E-state index contributed by atoms with van der Waals surface area (Å²) in [7, 11) is 4.38. The van der Waals surface area contributed by atoms with Gasteiger partial charge in [0.1, 0.15) is 5.82 Å². The number of anilines is 3. The first-order valence-corrected chi connectivity index (χ1v) is 17.3. The minimum Gasteiger partial charge on any atom is -0.352 e. The molecule has 5 aromatic rings. The van der Waals surface area contributed by atoms with Gasteiger partial charge in [0.25, 0.3) is 0 Å². The number of amides is 1. The summed E-state index contributed by atoms with van der Waals surface area (Å²) >= 11 is 6.90. The van der Waals surface area contributed by atoms with E-state index in [9.17, 15) is 4.79 Å². The molecule has 0 spiro atoms. The topological polar surface area (TPSA) is 75.8 Å². The molecule has 3 aromatic carbocycles. The van der Waals surface area contributed by atoms with Gasteiger partial charge in [-0.15, -0.1) is 11.3 Å². The molecule has 0 saturated carbocycles. The third-order valence-electron chi connectivity index (χ3n) is 8.45. The van der Waals surface area contributed by atoms with Crippen LogP contribution >= 0.6 is 23.6 Å². The lowest BCUT2D eigenvalue weighted by Gasteiger charge is -2.33. The molecule has 0 atom stereocenters. The molecule has 11 heteroatoms. The van der Waals surface area contributed by atoms with Gasteiger partial charge in [-0.3, -0.25) is 14.7 Å². The normalized spacial score (nSPS) is 13.9. The van der Waals surface area contributed by atoms with Gasteiger partial charge in [-0.25, -0.2) is 4.39 Å². The first-order valence-electron chi connectivity index (χ1n) is 16.1. The molecule has 1 aliphatic heterocycles. The molecular weight excluding hydrogens is 642 g/mol. The number of likely N-dealkylation sites (N-methyl/N-ethyl adjacent to an activating group) is 2. The maximum atomic E-state index is 15.2. The van der Waals surface area contributed by atoms with Gasteiger partial charge in [0.2, 0.25) is 5.91 Å². The number of thiocarbonyl (C=S) groups is 1. The second-order valence-electron chi connectivity index (χ2n) is 12.2. The molecule has 1 amide bonds. The third kappa shape index (κ3) is 9.00. The molecule has 8 nitrogen and oxygen atoms in total. The molecule has 6 rings (SSSR count). The summed E-state index contributed by atoms with van der Waals surface area (Å²) in [5, 5.41) is 8.90. The number of pyridine rings is 1. The van der Waals surface area contributed by atoms with Crippen LogP contribution < -0.4 is 16.0 Å². The van der Waals surface area contributed by atoms with Crippen molar-refractivity contribution in [2.45, 2.75) is 13.0 Å². The van der Waals surface area contributed by atoms with E-state index in [1.165, 1.54) is 11.6 Å². The molecule has 248 valence electrons. The van der Waals surface area contributed by atoms with Crippen LogP contribution in [0, 0.1) is 5.82 Å². The Bertz CT molecular complexity index is 1860. The number of rotatable bonds is 11. The zero-order valence-electron chi connectivity index (χ0n) is 27.2. The second-order valence-corrected chi connectivity index (χ2v) is 13.7. The molecule has 1 saturated heterocycles. The van der Waals surface area contributed by atoms with Gasteiger partial charge in [-0.1, -0.05) is 54.6 Å². The van der Waals surface area contributed by atoms with E-state index < -0.39 is 5.82 Å². The number of nitrogens with zero attached hydrogens (tertiary/aromatic N) is 4. The number of benzene rings is 3. The second kappa shape index (κ2) is 15.8. The Kier molecular flexibility index (Phi) is 11.0. The van der Waals surface area contributed by atoms with E-state index in [1.54, 1.807) is 29.7 Å². The summed E-state index contributed by atoms with van der Waals surface area (Å²) in [6.07, 6.45) is 1.93. The van der Waals surface area contributed by atoms with E-state index in [-0.39, 0.29) is 17.4 Å². The molecule has 3 N–H and O–H groups in total. The van der Waals surface area contributed by atoms with Gasteiger partial charge in [0, 0.05) is 62.6 Å². The van der Waals surface area contributed by atoms with Crippen molar-refractivity contribution in [1.82, 2.24) is 25.0 Å². The van der Waals surface area contributed by atoms with Gasteiger partial charge in [0.15, 0.2) is 5.11 Å². The van der Waals surface area contributed by atoms with Crippen molar-refractivity contribution >= 4 is 61.9 Å². The summed E-state index contributed by atoms with van der Waals surface area (Å²) in [6.45, 7) is 7.63. The van der Waals surface area contributed by atoms with Crippen molar-refractivity contribution in [3.8, 4) is 10.4 Å². The Labute approximate surface area is 290 Å². The first-order chi connectivity index (χ1) is 23.3. The number of piperazine rings is 1. The lowest BCUT2D eigenvalue weighted by atomic mass is 10.1. The first kappa shape index (κ1) is 33.6. The number of aromatic nitrogens is 1. The highest BCUT2D eigenvalue weighted by Crippen LogP contribution is 2.38. The lowest BCUT2D eigenvalue weighted by Crippen LogP contribution is -2.46. The fourth-order valence-electron chi connectivity index (χ4n) is 5.68. The number of carbonyl (C=O) groups excluding carboxylic acids is 1. The molecule has 3 heterocycles. The fraction of sp³-hybridized carbons (Fsp3) is 0.270. The summed E-state index contributed by atoms with van der Waals surface area (Å²) in [4.78, 5) is 25.3. The van der Waals surface area contributed by atoms with Crippen LogP contribution in [0.5, 0.6) is 0 Å². The maximum absolute atomic E-state index is 15.2. The monoisotopic (exact) mass is 681 g/mol. The Morgan fingerprint density at radius 1 is 0.958 bits per heavy atom. The molecule has 0 radical (unpaired) electrons. The van der Waals surface area contributed by atoms with E-state index in [0.717, 1.165) is 77.7 Å².